The molecular formula is C24H22N2O2. The van der Waals surface area contributed by atoms with E-state index in [4.69, 9.17) is 4.74 Å². The van der Waals surface area contributed by atoms with Crippen molar-refractivity contribution in [2.24, 2.45) is 0 Å². The Bertz CT molecular complexity index is 1060. The Balaban J connectivity index is 1.36. The molecule has 0 aliphatic carbocycles. The van der Waals surface area contributed by atoms with Gasteiger partial charge in [-0.05, 0) is 41.8 Å². The Hall–Kier alpha value is -3.53. The highest BCUT2D eigenvalue weighted by Gasteiger charge is 2.07. The summed E-state index contributed by atoms with van der Waals surface area (Å²) in [6.45, 7) is 1.14. The number of amides is 1. The maximum absolute atomic E-state index is 12.1. The number of hydrogen-bond acceptors (Lipinski definition) is 2. The normalized spacial score (nSPS) is 10.7. The minimum absolute atomic E-state index is 0.0444. The molecule has 28 heavy (non-hydrogen) atoms. The van der Waals surface area contributed by atoms with Crippen molar-refractivity contribution >= 4 is 16.8 Å². The quantitative estimate of drug-likeness (QED) is 0.495. The second kappa shape index (κ2) is 8.44. The van der Waals surface area contributed by atoms with Crippen LogP contribution in [0.1, 0.15) is 21.5 Å². The Morgan fingerprint density at radius 2 is 1.68 bits per heavy atom. The predicted molar refractivity (Wildman–Crippen MR) is 112 cm³/mol. The molecule has 0 fully saturated rings. The van der Waals surface area contributed by atoms with Crippen LogP contribution in [0.4, 0.5) is 0 Å². The van der Waals surface area contributed by atoms with Crippen molar-refractivity contribution in [3.8, 4) is 5.75 Å². The lowest BCUT2D eigenvalue weighted by Crippen LogP contribution is -2.25. The van der Waals surface area contributed by atoms with Crippen LogP contribution in [-0.2, 0) is 13.0 Å². The van der Waals surface area contributed by atoms with Crippen molar-refractivity contribution in [1.82, 2.24) is 10.3 Å². The first kappa shape index (κ1) is 17.9. The zero-order valence-electron chi connectivity index (χ0n) is 15.5. The molecule has 4 rings (SSSR count). The number of aromatic amines is 1. The summed E-state index contributed by atoms with van der Waals surface area (Å²) in [5, 5.41) is 4.13. The van der Waals surface area contributed by atoms with Crippen LogP contribution in [0.25, 0.3) is 10.9 Å². The molecule has 0 bridgehead atoms. The van der Waals surface area contributed by atoms with Gasteiger partial charge in [-0.25, -0.2) is 0 Å². The van der Waals surface area contributed by atoms with E-state index in [-0.39, 0.29) is 5.91 Å². The van der Waals surface area contributed by atoms with Gasteiger partial charge in [-0.2, -0.15) is 0 Å². The summed E-state index contributed by atoms with van der Waals surface area (Å²) < 4.78 is 5.89. The van der Waals surface area contributed by atoms with E-state index >= 15 is 0 Å². The van der Waals surface area contributed by atoms with Gasteiger partial charge < -0.3 is 15.0 Å². The number of benzene rings is 3. The van der Waals surface area contributed by atoms with E-state index in [1.807, 2.05) is 66.9 Å². The molecule has 4 heteroatoms. The highest BCUT2D eigenvalue weighted by atomic mass is 16.5. The van der Waals surface area contributed by atoms with Gasteiger partial charge in [0.15, 0.2) is 0 Å². The van der Waals surface area contributed by atoms with Crippen LogP contribution in [0.15, 0.2) is 85.1 Å². The summed E-state index contributed by atoms with van der Waals surface area (Å²) in [5.74, 6) is 0.791. The molecule has 0 saturated heterocycles. The van der Waals surface area contributed by atoms with Crippen LogP contribution in [0.5, 0.6) is 5.75 Å². The van der Waals surface area contributed by atoms with Crippen molar-refractivity contribution in [3.63, 3.8) is 0 Å². The highest BCUT2D eigenvalue weighted by molar-refractivity contribution is 5.94. The van der Waals surface area contributed by atoms with Crippen LogP contribution >= 0.6 is 0 Å². The first-order chi connectivity index (χ1) is 13.8. The molecule has 2 N–H and O–H groups in total. The van der Waals surface area contributed by atoms with Crippen molar-refractivity contribution in [1.29, 1.82) is 0 Å². The standard InChI is InChI=1S/C24H22N2O2/c27-24(19-9-5-2-6-10-19)25-14-13-20-16-26-23-15-21(11-12-22(20)23)28-17-18-7-3-1-4-8-18/h1-12,15-16,26H,13-14,17H2,(H,25,27). The molecule has 4 aromatic rings. The van der Waals surface area contributed by atoms with Gasteiger partial charge in [0.25, 0.3) is 5.91 Å². The molecule has 4 nitrogen and oxygen atoms in total. The first-order valence-electron chi connectivity index (χ1n) is 9.39. The van der Waals surface area contributed by atoms with Gasteiger partial charge in [-0.1, -0.05) is 48.5 Å². The third kappa shape index (κ3) is 4.23. The van der Waals surface area contributed by atoms with Gasteiger partial charge in [0.1, 0.15) is 12.4 Å². The monoisotopic (exact) mass is 370 g/mol. The Morgan fingerprint density at radius 1 is 0.929 bits per heavy atom. The van der Waals surface area contributed by atoms with Crippen molar-refractivity contribution < 1.29 is 9.53 Å². The molecule has 0 aliphatic rings. The van der Waals surface area contributed by atoms with Gasteiger partial charge >= 0.3 is 0 Å². The fourth-order valence-electron chi connectivity index (χ4n) is 3.21. The molecular weight excluding hydrogens is 348 g/mol. The number of carbonyl (C=O) groups is 1. The summed E-state index contributed by atoms with van der Waals surface area (Å²) >= 11 is 0. The number of nitrogens with one attached hydrogen (secondary N) is 2. The number of fused-ring (bicyclic) bond motifs is 1. The van der Waals surface area contributed by atoms with E-state index in [0.717, 1.165) is 28.6 Å². The number of ether oxygens (including phenoxy) is 1. The summed E-state index contributed by atoms with van der Waals surface area (Å²) in [6, 6.07) is 25.5. The summed E-state index contributed by atoms with van der Waals surface area (Å²) in [6.07, 6.45) is 2.77. The minimum atomic E-state index is -0.0444. The lowest BCUT2D eigenvalue weighted by molar-refractivity contribution is 0.0954. The van der Waals surface area contributed by atoms with Gasteiger partial charge in [-0.15, -0.1) is 0 Å². The topological polar surface area (TPSA) is 54.1 Å². The molecule has 0 atom stereocenters. The molecule has 0 spiro atoms. The Labute approximate surface area is 164 Å². The van der Waals surface area contributed by atoms with Crippen LogP contribution in [0.3, 0.4) is 0 Å². The van der Waals surface area contributed by atoms with Gasteiger partial charge in [0, 0.05) is 35.3 Å². The van der Waals surface area contributed by atoms with Crippen molar-refractivity contribution in [2.45, 2.75) is 13.0 Å². The van der Waals surface area contributed by atoms with E-state index in [9.17, 15) is 4.79 Å². The van der Waals surface area contributed by atoms with E-state index in [2.05, 4.69) is 28.5 Å². The summed E-state index contributed by atoms with van der Waals surface area (Å²) in [5.41, 5.74) is 4.04. The molecule has 0 radical (unpaired) electrons. The number of H-pyrrole nitrogens is 1. The van der Waals surface area contributed by atoms with Crippen LogP contribution in [-0.4, -0.2) is 17.4 Å². The van der Waals surface area contributed by atoms with Gasteiger partial charge in [0.05, 0.1) is 0 Å². The third-order valence-electron chi connectivity index (χ3n) is 4.70. The lowest BCUT2D eigenvalue weighted by Gasteiger charge is -2.07. The van der Waals surface area contributed by atoms with E-state index in [1.165, 1.54) is 5.56 Å². The molecule has 1 heterocycles. The molecule has 1 amide bonds. The van der Waals surface area contributed by atoms with Gasteiger partial charge in [-0.3, -0.25) is 4.79 Å². The van der Waals surface area contributed by atoms with Crippen LogP contribution in [0, 0.1) is 0 Å². The van der Waals surface area contributed by atoms with Crippen LogP contribution < -0.4 is 10.1 Å². The zero-order valence-corrected chi connectivity index (χ0v) is 15.5. The second-order valence-corrected chi connectivity index (χ2v) is 6.67. The van der Waals surface area contributed by atoms with E-state index in [0.29, 0.717) is 18.7 Å². The fraction of sp³-hybridized carbons (Fsp3) is 0.125. The van der Waals surface area contributed by atoms with E-state index in [1.54, 1.807) is 0 Å². The average Bonchev–Trinajstić information content (AvgIpc) is 3.16. The molecule has 0 saturated carbocycles. The molecule has 0 unspecified atom stereocenters. The fourth-order valence-corrected chi connectivity index (χ4v) is 3.21. The Morgan fingerprint density at radius 3 is 2.46 bits per heavy atom. The third-order valence-corrected chi connectivity index (χ3v) is 4.70. The first-order valence-corrected chi connectivity index (χ1v) is 9.39. The SMILES string of the molecule is O=C(NCCc1c[nH]c2cc(OCc3ccccc3)ccc12)c1ccccc1. The highest BCUT2D eigenvalue weighted by Crippen LogP contribution is 2.24. The smallest absolute Gasteiger partial charge is 0.251 e. The zero-order chi connectivity index (χ0) is 19.2. The van der Waals surface area contributed by atoms with E-state index < -0.39 is 0 Å². The van der Waals surface area contributed by atoms with Crippen molar-refractivity contribution in [2.75, 3.05) is 6.54 Å². The molecule has 0 aliphatic heterocycles. The molecule has 1 aromatic heterocycles. The second-order valence-electron chi connectivity index (χ2n) is 6.67. The maximum atomic E-state index is 12.1. The summed E-state index contributed by atoms with van der Waals surface area (Å²) in [7, 11) is 0. The average molecular weight is 370 g/mol. The predicted octanol–water partition coefficient (Wildman–Crippen LogP) is 4.72. The maximum Gasteiger partial charge on any atom is 0.251 e. The van der Waals surface area contributed by atoms with Crippen LogP contribution in [0.2, 0.25) is 0 Å². The number of aromatic nitrogens is 1. The number of hydrogen-bond donors (Lipinski definition) is 2. The number of carbonyl (C=O) groups excluding carboxylic acids is 1. The lowest BCUT2D eigenvalue weighted by atomic mass is 10.1. The van der Waals surface area contributed by atoms with Gasteiger partial charge in [0.2, 0.25) is 0 Å². The van der Waals surface area contributed by atoms with Crippen molar-refractivity contribution in [3.05, 3.63) is 102 Å². The largest absolute Gasteiger partial charge is 0.489 e. The Kier molecular flexibility index (Phi) is 5.38. The minimum Gasteiger partial charge on any atom is -0.489 e. The molecule has 140 valence electrons. The molecule has 3 aromatic carbocycles. The number of rotatable bonds is 7. The summed E-state index contributed by atoms with van der Waals surface area (Å²) in [4.78, 5) is 15.4.